The van der Waals surface area contributed by atoms with E-state index in [4.69, 9.17) is 8.94 Å². The smallest absolute Gasteiger partial charge is 0.277 e. The molecule has 12 heteroatoms. The van der Waals surface area contributed by atoms with Gasteiger partial charge in [0.25, 0.3) is 10.9 Å². The van der Waals surface area contributed by atoms with Gasteiger partial charge in [-0.1, -0.05) is 29.1 Å². The highest BCUT2D eigenvalue weighted by atomic mass is 32.2. The third-order valence-corrected chi connectivity index (χ3v) is 5.18. The third-order valence-electron chi connectivity index (χ3n) is 3.55. The van der Waals surface area contributed by atoms with Gasteiger partial charge in [-0.05, 0) is 6.92 Å². The van der Waals surface area contributed by atoms with Gasteiger partial charge in [0.1, 0.15) is 0 Å². The highest BCUT2D eigenvalue weighted by molar-refractivity contribution is 7.98. The third kappa shape index (κ3) is 4.23. The highest BCUT2D eigenvalue weighted by Gasteiger charge is 2.15. The number of hydrogen-bond acceptors (Lipinski definition) is 11. The number of thiazole rings is 1. The van der Waals surface area contributed by atoms with Crippen LogP contribution in [0.3, 0.4) is 0 Å². The number of rotatable bonds is 7. The van der Waals surface area contributed by atoms with Crippen LogP contribution < -0.4 is 0 Å². The van der Waals surface area contributed by atoms with Crippen LogP contribution in [-0.2, 0) is 12.2 Å². The lowest BCUT2D eigenvalue weighted by atomic mass is 10.2. The van der Waals surface area contributed by atoms with E-state index in [-0.39, 0.29) is 11.5 Å². The molecule has 0 aliphatic carbocycles. The fourth-order valence-electron chi connectivity index (χ4n) is 2.33. The van der Waals surface area contributed by atoms with Crippen LogP contribution in [0.4, 0.5) is 5.69 Å². The molecule has 0 saturated heterocycles. The number of hydrogen-bond donors (Lipinski definition) is 0. The van der Waals surface area contributed by atoms with Crippen LogP contribution in [-0.4, -0.2) is 30.2 Å². The Kier molecular flexibility index (Phi) is 5.12. The van der Waals surface area contributed by atoms with Gasteiger partial charge in [0, 0.05) is 23.1 Å². The molecule has 1 aromatic carbocycles. The first-order valence-electron chi connectivity index (χ1n) is 8.00. The Labute approximate surface area is 166 Å². The summed E-state index contributed by atoms with van der Waals surface area (Å²) in [6, 6.07) is 6.05. The van der Waals surface area contributed by atoms with Crippen molar-refractivity contribution in [1.29, 1.82) is 0 Å². The minimum absolute atomic E-state index is 0.0353. The first-order valence-corrected chi connectivity index (χ1v) is 9.87. The van der Waals surface area contributed by atoms with Gasteiger partial charge in [0.05, 0.1) is 27.8 Å². The van der Waals surface area contributed by atoms with E-state index in [0.717, 1.165) is 10.7 Å². The molecule has 142 valence electrons. The maximum absolute atomic E-state index is 10.9. The van der Waals surface area contributed by atoms with Crippen molar-refractivity contribution in [1.82, 2.24) is 25.3 Å². The van der Waals surface area contributed by atoms with E-state index in [1.165, 1.54) is 23.9 Å². The fraction of sp³-hybridized carbons (Fsp3) is 0.188. The fourth-order valence-corrected chi connectivity index (χ4v) is 3.56. The monoisotopic (exact) mass is 416 g/mol. The summed E-state index contributed by atoms with van der Waals surface area (Å²) in [6.45, 7) is 1.94. The Morgan fingerprint density at radius 3 is 2.93 bits per heavy atom. The molecular formula is C16H12N6O4S2. The SMILES string of the molecule is Cc1nc(Cc2nnc(SCc3nc(-c4cccc([N+](=O)[O-])c4)no3)o2)cs1. The Morgan fingerprint density at radius 2 is 2.14 bits per heavy atom. The van der Waals surface area contributed by atoms with Gasteiger partial charge >= 0.3 is 0 Å². The molecule has 0 fully saturated rings. The number of aryl methyl sites for hydroxylation is 1. The molecule has 4 rings (SSSR count). The molecule has 4 aromatic rings. The Hall–Kier alpha value is -3.12. The number of aromatic nitrogens is 5. The molecule has 0 spiro atoms. The Morgan fingerprint density at radius 1 is 1.25 bits per heavy atom. The maximum atomic E-state index is 10.9. The second-order valence-corrected chi connectivity index (χ2v) is 7.59. The van der Waals surface area contributed by atoms with E-state index in [2.05, 4.69) is 25.3 Å². The van der Waals surface area contributed by atoms with Gasteiger partial charge in [-0.25, -0.2) is 4.98 Å². The van der Waals surface area contributed by atoms with Crippen molar-refractivity contribution in [2.24, 2.45) is 0 Å². The number of nitro benzene ring substituents is 1. The minimum Gasteiger partial charge on any atom is -0.416 e. The molecule has 0 bridgehead atoms. The van der Waals surface area contributed by atoms with Crippen LogP contribution in [0.1, 0.15) is 22.5 Å². The normalized spacial score (nSPS) is 11.0. The zero-order chi connectivity index (χ0) is 19.5. The molecule has 3 aromatic heterocycles. The molecule has 0 amide bonds. The van der Waals surface area contributed by atoms with Gasteiger partial charge in [-0.2, -0.15) is 4.98 Å². The van der Waals surface area contributed by atoms with E-state index in [0.29, 0.717) is 34.7 Å². The molecule has 0 saturated carbocycles. The topological polar surface area (TPSA) is 134 Å². The van der Waals surface area contributed by atoms with E-state index < -0.39 is 4.92 Å². The molecule has 0 atom stereocenters. The molecule has 0 aliphatic rings. The minimum atomic E-state index is -0.472. The first-order chi connectivity index (χ1) is 13.6. The standard InChI is InChI=1S/C16H12N6O4S2/c1-9-17-11(7-27-9)6-13-19-20-16(25-13)28-8-14-18-15(21-26-14)10-3-2-4-12(5-10)22(23)24/h2-5,7H,6,8H2,1H3. The zero-order valence-corrected chi connectivity index (χ0v) is 16.1. The summed E-state index contributed by atoms with van der Waals surface area (Å²) >= 11 is 2.83. The summed E-state index contributed by atoms with van der Waals surface area (Å²) < 4.78 is 10.8. The first kappa shape index (κ1) is 18.3. The van der Waals surface area contributed by atoms with E-state index in [1.54, 1.807) is 23.5 Å². The average molecular weight is 416 g/mol. The van der Waals surface area contributed by atoms with Crippen molar-refractivity contribution in [3.8, 4) is 11.4 Å². The van der Waals surface area contributed by atoms with Crippen molar-refractivity contribution in [3.05, 3.63) is 62.2 Å². The molecule has 0 radical (unpaired) electrons. The number of nitro groups is 1. The Balaban J connectivity index is 1.38. The number of benzene rings is 1. The van der Waals surface area contributed by atoms with Crippen molar-refractivity contribution < 1.29 is 13.9 Å². The van der Waals surface area contributed by atoms with Gasteiger partial charge in [0.2, 0.25) is 17.6 Å². The van der Waals surface area contributed by atoms with Gasteiger partial charge in [0.15, 0.2) is 0 Å². The highest BCUT2D eigenvalue weighted by Crippen LogP contribution is 2.25. The molecule has 0 aliphatic heterocycles. The second kappa shape index (κ2) is 7.86. The van der Waals surface area contributed by atoms with Crippen LogP contribution in [0.25, 0.3) is 11.4 Å². The van der Waals surface area contributed by atoms with Crippen LogP contribution in [0.15, 0.2) is 43.8 Å². The summed E-state index contributed by atoms with van der Waals surface area (Å²) in [5.74, 6) is 1.45. The molecule has 3 heterocycles. The number of nitrogens with zero attached hydrogens (tertiary/aromatic N) is 6. The quantitative estimate of drug-likeness (QED) is 0.249. The molecule has 10 nitrogen and oxygen atoms in total. The molecule has 0 unspecified atom stereocenters. The van der Waals surface area contributed by atoms with Crippen molar-refractivity contribution >= 4 is 28.8 Å². The molecular weight excluding hydrogens is 404 g/mol. The number of thioether (sulfide) groups is 1. The molecule has 0 N–H and O–H groups in total. The summed E-state index contributed by atoms with van der Waals surface area (Å²) in [6.07, 6.45) is 0.482. The summed E-state index contributed by atoms with van der Waals surface area (Å²) in [4.78, 5) is 19.0. The van der Waals surface area contributed by atoms with Crippen molar-refractivity contribution in [2.45, 2.75) is 24.3 Å². The van der Waals surface area contributed by atoms with Crippen LogP contribution in [0, 0.1) is 17.0 Å². The van der Waals surface area contributed by atoms with E-state index >= 15 is 0 Å². The van der Waals surface area contributed by atoms with Crippen LogP contribution >= 0.6 is 23.1 Å². The van der Waals surface area contributed by atoms with Gasteiger partial charge in [-0.15, -0.1) is 21.5 Å². The summed E-state index contributed by atoms with van der Waals surface area (Å²) in [5.41, 5.74) is 1.36. The molecule has 28 heavy (non-hydrogen) atoms. The lowest BCUT2D eigenvalue weighted by Crippen LogP contribution is -1.89. The lowest BCUT2D eigenvalue weighted by Gasteiger charge is -1.94. The number of non-ortho nitro benzene ring substituents is 1. The second-order valence-electron chi connectivity index (χ2n) is 5.60. The van der Waals surface area contributed by atoms with Gasteiger partial charge < -0.3 is 8.94 Å². The van der Waals surface area contributed by atoms with Crippen LogP contribution in [0.2, 0.25) is 0 Å². The largest absolute Gasteiger partial charge is 0.416 e. The predicted octanol–water partition coefficient (Wildman–Crippen LogP) is 3.68. The Bertz CT molecular complexity index is 1120. The van der Waals surface area contributed by atoms with E-state index in [1.807, 2.05) is 12.3 Å². The van der Waals surface area contributed by atoms with E-state index in [9.17, 15) is 10.1 Å². The van der Waals surface area contributed by atoms with Crippen molar-refractivity contribution in [3.63, 3.8) is 0 Å². The van der Waals surface area contributed by atoms with Crippen LogP contribution in [0.5, 0.6) is 0 Å². The summed E-state index contributed by atoms with van der Waals surface area (Å²) in [5, 5.41) is 26.1. The maximum Gasteiger partial charge on any atom is 0.277 e. The summed E-state index contributed by atoms with van der Waals surface area (Å²) in [7, 11) is 0. The predicted molar refractivity (Wildman–Crippen MR) is 99.9 cm³/mol. The zero-order valence-electron chi connectivity index (χ0n) is 14.4. The van der Waals surface area contributed by atoms with Gasteiger partial charge in [-0.3, -0.25) is 10.1 Å². The van der Waals surface area contributed by atoms with Crippen molar-refractivity contribution in [2.75, 3.05) is 0 Å². The lowest BCUT2D eigenvalue weighted by molar-refractivity contribution is -0.384. The average Bonchev–Trinajstić information content (AvgIpc) is 3.42.